The van der Waals surface area contributed by atoms with E-state index in [1.807, 2.05) is 0 Å². The van der Waals surface area contributed by atoms with Gasteiger partial charge in [0.05, 0.1) is 5.54 Å². The molecule has 0 radical (unpaired) electrons. The summed E-state index contributed by atoms with van der Waals surface area (Å²) in [6.45, 7) is 4.63. The molecule has 0 rings (SSSR count). The van der Waals surface area contributed by atoms with Crippen molar-refractivity contribution in [1.82, 2.24) is 5.32 Å². The Kier molecular flexibility index (Phi) is 5.14. The van der Waals surface area contributed by atoms with E-state index in [1.54, 1.807) is 13.8 Å². The largest absolute Gasteiger partial charge is 0.480 e. The number of hydrogen-bond donors (Lipinski definition) is 2. The predicted molar refractivity (Wildman–Crippen MR) is 54.6 cm³/mol. The molecule has 5 heteroatoms. The van der Waals surface area contributed by atoms with E-state index < -0.39 is 17.6 Å². The first kappa shape index (κ1) is 13.8. The van der Waals surface area contributed by atoms with E-state index in [1.165, 1.54) is 6.92 Å². The van der Waals surface area contributed by atoms with Gasteiger partial charge in [0.15, 0.2) is 0 Å². The van der Waals surface area contributed by atoms with Gasteiger partial charge in [0.2, 0.25) is 0 Å². The number of hydrogen-bond acceptors (Lipinski definition) is 4. The van der Waals surface area contributed by atoms with Crippen LogP contribution in [0.3, 0.4) is 0 Å². The normalized spacial score (nSPS) is 13.3. The first-order chi connectivity index (χ1) is 6.81. The van der Waals surface area contributed by atoms with Crippen LogP contribution >= 0.6 is 0 Å². The molecule has 0 saturated carbocycles. The van der Waals surface area contributed by atoms with Crippen LogP contribution in [0.2, 0.25) is 0 Å². The van der Waals surface area contributed by atoms with Gasteiger partial charge in [-0.2, -0.15) is 0 Å². The number of nitrogens with one attached hydrogen (secondary N) is 1. The van der Waals surface area contributed by atoms with Gasteiger partial charge in [0.1, 0.15) is 18.1 Å². The Hall–Kier alpha value is -1.23. The van der Waals surface area contributed by atoms with Crippen molar-refractivity contribution in [3.05, 3.63) is 0 Å². The number of carboxylic acids is 1. The van der Waals surface area contributed by atoms with E-state index in [2.05, 4.69) is 5.32 Å². The quantitative estimate of drug-likeness (QED) is 0.600. The zero-order chi connectivity index (χ0) is 12.1. The van der Waals surface area contributed by atoms with Gasteiger partial charge < -0.3 is 9.90 Å². The van der Waals surface area contributed by atoms with E-state index in [0.29, 0.717) is 6.29 Å². The Morgan fingerprint density at radius 2 is 2.00 bits per heavy atom. The first-order valence-corrected chi connectivity index (χ1v) is 4.76. The third-order valence-electron chi connectivity index (χ3n) is 2.29. The van der Waals surface area contributed by atoms with E-state index in [4.69, 9.17) is 5.11 Å². The van der Waals surface area contributed by atoms with Crippen molar-refractivity contribution >= 4 is 18.0 Å². The molecule has 86 valence electrons. The molecule has 1 atom stereocenters. The lowest BCUT2D eigenvalue weighted by Gasteiger charge is -2.27. The summed E-state index contributed by atoms with van der Waals surface area (Å²) in [7, 11) is 0. The third kappa shape index (κ3) is 4.69. The van der Waals surface area contributed by atoms with Crippen molar-refractivity contribution in [1.29, 1.82) is 0 Å². The summed E-state index contributed by atoms with van der Waals surface area (Å²) in [5, 5.41) is 11.6. The number of carbonyl (C=O) groups is 3. The van der Waals surface area contributed by atoms with Gasteiger partial charge in [0.25, 0.3) is 0 Å². The Bertz CT molecular complexity index is 260. The second kappa shape index (κ2) is 5.60. The maximum Gasteiger partial charge on any atom is 0.320 e. The van der Waals surface area contributed by atoms with E-state index in [9.17, 15) is 14.4 Å². The summed E-state index contributed by atoms with van der Waals surface area (Å²) < 4.78 is 0. The van der Waals surface area contributed by atoms with Crippen LogP contribution in [0.1, 0.15) is 33.6 Å². The summed E-state index contributed by atoms with van der Waals surface area (Å²) in [4.78, 5) is 32.1. The Labute approximate surface area is 88.9 Å². The number of Topliss-reactive ketones (excluding diaryl/α,β-unsaturated/α-hetero) is 1. The van der Waals surface area contributed by atoms with Crippen molar-refractivity contribution in [2.45, 2.75) is 45.2 Å². The molecule has 0 amide bonds. The predicted octanol–water partition coefficient (Wildman–Crippen LogP) is 0.376. The zero-order valence-corrected chi connectivity index (χ0v) is 9.24. The average Bonchev–Trinajstić information content (AvgIpc) is 2.11. The number of rotatable bonds is 7. The van der Waals surface area contributed by atoms with Crippen LogP contribution in [0.5, 0.6) is 0 Å². The highest BCUT2D eigenvalue weighted by atomic mass is 16.4. The van der Waals surface area contributed by atoms with Crippen LogP contribution < -0.4 is 5.32 Å². The van der Waals surface area contributed by atoms with Gasteiger partial charge in [-0.25, -0.2) is 0 Å². The summed E-state index contributed by atoms with van der Waals surface area (Å²) in [5.74, 6) is -1.19. The number of ketones is 1. The van der Waals surface area contributed by atoms with Gasteiger partial charge in [-0.3, -0.25) is 14.9 Å². The number of aliphatic carboxylic acids is 1. The number of aldehydes is 1. The highest BCUT2D eigenvalue weighted by molar-refractivity contribution is 5.86. The van der Waals surface area contributed by atoms with Crippen molar-refractivity contribution in [3.63, 3.8) is 0 Å². The van der Waals surface area contributed by atoms with Gasteiger partial charge in [-0.15, -0.1) is 0 Å². The molecule has 0 spiro atoms. The zero-order valence-electron chi connectivity index (χ0n) is 9.24. The highest BCUT2D eigenvalue weighted by Crippen LogP contribution is 2.08. The Balaban J connectivity index is 4.46. The average molecular weight is 215 g/mol. The molecule has 0 aliphatic rings. The molecule has 1 unspecified atom stereocenters. The minimum Gasteiger partial charge on any atom is -0.480 e. The molecule has 0 aromatic heterocycles. The fraction of sp³-hybridized carbons (Fsp3) is 0.700. The lowest BCUT2D eigenvalue weighted by molar-refractivity contribution is -0.140. The number of carbonyl (C=O) groups excluding carboxylic acids is 2. The Morgan fingerprint density at radius 3 is 2.33 bits per heavy atom. The van der Waals surface area contributed by atoms with Crippen molar-refractivity contribution in [2.24, 2.45) is 0 Å². The van der Waals surface area contributed by atoms with Crippen molar-refractivity contribution in [3.8, 4) is 0 Å². The minimum absolute atomic E-state index is 0.139. The lowest BCUT2D eigenvalue weighted by atomic mass is 9.98. The smallest absolute Gasteiger partial charge is 0.320 e. The maximum atomic E-state index is 11.2. The Morgan fingerprint density at radius 1 is 1.47 bits per heavy atom. The minimum atomic E-state index is -1.05. The second-order valence-electron chi connectivity index (χ2n) is 3.96. The molecule has 0 aromatic rings. The summed E-state index contributed by atoms with van der Waals surface area (Å²) in [5.41, 5.74) is -0.883. The second-order valence-corrected chi connectivity index (χ2v) is 3.96. The molecule has 0 aliphatic carbocycles. The molecule has 15 heavy (non-hydrogen) atoms. The van der Waals surface area contributed by atoms with Crippen LogP contribution in [-0.2, 0) is 14.4 Å². The van der Waals surface area contributed by atoms with Crippen molar-refractivity contribution in [2.75, 3.05) is 0 Å². The molecule has 2 N–H and O–H groups in total. The van der Waals surface area contributed by atoms with Crippen LogP contribution in [0.15, 0.2) is 0 Å². The van der Waals surface area contributed by atoms with E-state index in [0.717, 1.165) is 0 Å². The van der Waals surface area contributed by atoms with E-state index in [-0.39, 0.29) is 18.6 Å². The lowest BCUT2D eigenvalue weighted by Crippen LogP contribution is -2.53. The van der Waals surface area contributed by atoms with Gasteiger partial charge in [-0.1, -0.05) is 0 Å². The fourth-order valence-electron chi connectivity index (χ4n) is 1.03. The standard InChI is InChI=1S/C10H17NO4/c1-7(13)10(2,3)11-8(9(14)15)5-4-6-12/h6,8,11H,4-5H2,1-3H3,(H,14,15). The molecule has 5 nitrogen and oxygen atoms in total. The monoisotopic (exact) mass is 215 g/mol. The fourth-order valence-corrected chi connectivity index (χ4v) is 1.03. The highest BCUT2D eigenvalue weighted by Gasteiger charge is 2.29. The number of carboxylic acid groups (broad SMARTS) is 1. The van der Waals surface area contributed by atoms with Crippen LogP contribution in [0, 0.1) is 0 Å². The van der Waals surface area contributed by atoms with Crippen LogP contribution in [-0.4, -0.2) is 34.7 Å². The third-order valence-corrected chi connectivity index (χ3v) is 2.29. The van der Waals surface area contributed by atoms with E-state index >= 15 is 0 Å². The molecule has 0 bridgehead atoms. The summed E-state index contributed by atoms with van der Waals surface area (Å²) >= 11 is 0. The van der Waals surface area contributed by atoms with Crippen LogP contribution in [0.4, 0.5) is 0 Å². The molecule has 0 fully saturated rings. The van der Waals surface area contributed by atoms with Crippen LogP contribution in [0.25, 0.3) is 0 Å². The summed E-state index contributed by atoms with van der Waals surface area (Å²) in [6.07, 6.45) is 1.02. The molecule has 0 aliphatic heterocycles. The molecular weight excluding hydrogens is 198 g/mol. The van der Waals surface area contributed by atoms with Gasteiger partial charge in [-0.05, 0) is 27.2 Å². The molecule has 0 saturated heterocycles. The molecular formula is C10H17NO4. The van der Waals surface area contributed by atoms with Gasteiger partial charge >= 0.3 is 5.97 Å². The summed E-state index contributed by atoms with van der Waals surface area (Å²) in [6, 6.07) is -0.867. The topological polar surface area (TPSA) is 83.5 Å². The molecule has 0 heterocycles. The molecule has 0 aromatic carbocycles. The van der Waals surface area contributed by atoms with Crippen molar-refractivity contribution < 1.29 is 19.5 Å². The van der Waals surface area contributed by atoms with Gasteiger partial charge in [0, 0.05) is 6.42 Å². The maximum absolute atomic E-state index is 11.2. The first-order valence-electron chi connectivity index (χ1n) is 4.76. The SMILES string of the molecule is CC(=O)C(C)(C)NC(CCC=O)C(=O)O.